The van der Waals surface area contributed by atoms with Gasteiger partial charge in [-0.15, -0.1) is 0 Å². The van der Waals surface area contributed by atoms with E-state index in [1.165, 1.54) is 50.5 Å². The molecule has 4 aliphatic rings. The van der Waals surface area contributed by atoms with Crippen molar-refractivity contribution in [2.75, 3.05) is 0 Å². The van der Waals surface area contributed by atoms with Crippen molar-refractivity contribution in [2.24, 2.45) is 40.4 Å². The van der Waals surface area contributed by atoms with E-state index in [0.717, 1.165) is 42.4 Å². The molecule has 4 fully saturated rings. The van der Waals surface area contributed by atoms with E-state index in [1.807, 2.05) is 0 Å². The van der Waals surface area contributed by atoms with E-state index in [1.54, 1.807) is 0 Å². The topological polar surface area (TPSA) is 20.2 Å². The number of aliphatic hydroxyl groups is 1. The summed E-state index contributed by atoms with van der Waals surface area (Å²) in [6.45, 7) is 11.8. The summed E-state index contributed by atoms with van der Waals surface area (Å²) in [6.07, 6.45) is 11.9. The van der Waals surface area contributed by atoms with Crippen LogP contribution in [-0.4, -0.2) is 11.2 Å². The maximum absolute atomic E-state index is 10.1. The van der Waals surface area contributed by atoms with Gasteiger partial charge >= 0.3 is 0 Å². The maximum Gasteiger partial charge on any atom is 0.0543 e. The Morgan fingerprint density at radius 3 is 2.35 bits per heavy atom. The number of hydrogen-bond acceptors (Lipinski definition) is 1. The van der Waals surface area contributed by atoms with Crippen LogP contribution in [0.4, 0.5) is 0 Å². The van der Waals surface area contributed by atoms with Crippen LogP contribution < -0.4 is 0 Å². The first-order valence-corrected chi connectivity index (χ1v) is 10.2. The molecule has 0 aromatic rings. The molecular formula is C22H36O. The first kappa shape index (κ1) is 16.2. The molecule has 8 atom stereocenters. The van der Waals surface area contributed by atoms with Crippen LogP contribution in [0.25, 0.3) is 0 Å². The standard InChI is InChI=1S/C22H36O/c1-14(2)18-7-8-19-17-6-5-15-13-16(23)9-11-21(15,3)20(17)10-12-22(18,19)4/h15-20,23H,1,5-13H2,2-4H3/t15-,16-,17?,18?,19?,20?,21?,22?/m1/s1. The minimum atomic E-state index is -0.0160. The van der Waals surface area contributed by atoms with Crippen LogP contribution in [0.2, 0.25) is 0 Å². The number of allylic oxidation sites excluding steroid dienone is 1. The van der Waals surface area contributed by atoms with E-state index >= 15 is 0 Å². The molecule has 0 saturated heterocycles. The second kappa shape index (κ2) is 5.35. The minimum Gasteiger partial charge on any atom is -0.393 e. The molecule has 1 N–H and O–H groups in total. The Balaban J connectivity index is 1.61. The van der Waals surface area contributed by atoms with Crippen molar-refractivity contribution in [1.82, 2.24) is 0 Å². The molecule has 23 heavy (non-hydrogen) atoms. The van der Waals surface area contributed by atoms with Crippen LogP contribution in [0, 0.1) is 40.4 Å². The molecule has 4 rings (SSSR count). The summed E-state index contributed by atoms with van der Waals surface area (Å²) in [6, 6.07) is 0. The fraction of sp³-hybridized carbons (Fsp3) is 0.909. The van der Waals surface area contributed by atoms with E-state index in [2.05, 4.69) is 27.4 Å². The zero-order chi connectivity index (χ0) is 16.4. The predicted molar refractivity (Wildman–Crippen MR) is 96.0 cm³/mol. The highest BCUT2D eigenvalue weighted by atomic mass is 16.3. The third-order valence-electron chi connectivity index (χ3n) is 9.23. The average molecular weight is 317 g/mol. The van der Waals surface area contributed by atoms with E-state index in [4.69, 9.17) is 0 Å². The van der Waals surface area contributed by atoms with Crippen molar-refractivity contribution >= 4 is 0 Å². The van der Waals surface area contributed by atoms with Crippen molar-refractivity contribution < 1.29 is 5.11 Å². The highest BCUT2D eigenvalue weighted by Crippen LogP contribution is 2.68. The molecule has 0 heterocycles. The lowest BCUT2D eigenvalue weighted by Gasteiger charge is -2.61. The lowest BCUT2D eigenvalue weighted by atomic mass is 9.44. The monoisotopic (exact) mass is 316 g/mol. The Bertz CT molecular complexity index is 496. The molecule has 1 heteroatoms. The quantitative estimate of drug-likeness (QED) is 0.626. The van der Waals surface area contributed by atoms with Gasteiger partial charge in [-0.3, -0.25) is 0 Å². The van der Waals surface area contributed by atoms with Crippen LogP contribution in [-0.2, 0) is 0 Å². The second-order valence-corrected chi connectivity index (χ2v) is 10.1. The fourth-order valence-corrected chi connectivity index (χ4v) is 8.04. The SMILES string of the molecule is C=C(C)C1CCC2C3CC[C@@H]4C[C@H](O)CCC4(C)C3CCC12C. The van der Waals surface area contributed by atoms with Crippen LogP contribution >= 0.6 is 0 Å². The van der Waals surface area contributed by atoms with Gasteiger partial charge in [0.1, 0.15) is 0 Å². The van der Waals surface area contributed by atoms with Crippen LogP contribution in [0.1, 0.15) is 78.6 Å². The van der Waals surface area contributed by atoms with E-state index in [9.17, 15) is 5.11 Å². The number of fused-ring (bicyclic) bond motifs is 5. The zero-order valence-corrected chi connectivity index (χ0v) is 15.5. The number of aliphatic hydroxyl groups excluding tert-OH is 1. The van der Waals surface area contributed by atoms with E-state index in [-0.39, 0.29) is 6.10 Å². The first-order chi connectivity index (χ1) is 10.9. The van der Waals surface area contributed by atoms with Crippen molar-refractivity contribution in [3.05, 3.63) is 12.2 Å². The van der Waals surface area contributed by atoms with Crippen molar-refractivity contribution in [3.63, 3.8) is 0 Å². The van der Waals surface area contributed by atoms with Crippen LogP contribution in [0.15, 0.2) is 12.2 Å². The highest BCUT2D eigenvalue weighted by Gasteiger charge is 2.60. The Hall–Kier alpha value is -0.300. The van der Waals surface area contributed by atoms with Gasteiger partial charge < -0.3 is 5.11 Å². The largest absolute Gasteiger partial charge is 0.393 e. The molecule has 0 aromatic carbocycles. The molecular weight excluding hydrogens is 280 g/mol. The molecule has 0 amide bonds. The summed E-state index contributed by atoms with van der Waals surface area (Å²) < 4.78 is 0. The van der Waals surface area contributed by atoms with Gasteiger partial charge in [-0.05, 0) is 105 Å². The van der Waals surface area contributed by atoms with Crippen molar-refractivity contribution in [1.29, 1.82) is 0 Å². The van der Waals surface area contributed by atoms with E-state index in [0.29, 0.717) is 10.8 Å². The molecule has 0 aliphatic heterocycles. The molecule has 0 aromatic heterocycles. The minimum absolute atomic E-state index is 0.0160. The molecule has 6 unspecified atom stereocenters. The highest BCUT2D eigenvalue weighted by molar-refractivity contribution is 5.15. The molecule has 4 aliphatic carbocycles. The van der Waals surface area contributed by atoms with Gasteiger partial charge in [-0.2, -0.15) is 0 Å². The molecule has 0 bridgehead atoms. The van der Waals surface area contributed by atoms with Gasteiger partial charge in [-0.1, -0.05) is 26.0 Å². The molecule has 0 spiro atoms. The third kappa shape index (κ3) is 2.21. The Labute approximate surface area is 142 Å². The van der Waals surface area contributed by atoms with Gasteiger partial charge in [0.25, 0.3) is 0 Å². The summed E-state index contributed by atoms with van der Waals surface area (Å²) >= 11 is 0. The van der Waals surface area contributed by atoms with Gasteiger partial charge in [0.15, 0.2) is 0 Å². The molecule has 1 nitrogen and oxygen atoms in total. The normalized spacial score (nSPS) is 55.7. The maximum atomic E-state index is 10.1. The summed E-state index contributed by atoms with van der Waals surface area (Å²) in [5, 5.41) is 10.1. The summed E-state index contributed by atoms with van der Waals surface area (Å²) in [5.41, 5.74) is 2.49. The lowest BCUT2D eigenvalue weighted by molar-refractivity contribution is -0.124. The first-order valence-electron chi connectivity index (χ1n) is 10.2. The predicted octanol–water partition coefficient (Wildman–Crippen LogP) is 5.58. The summed E-state index contributed by atoms with van der Waals surface area (Å²) in [5.74, 6) is 4.38. The van der Waals surface area contributed by atoms with Crippen LogP contribution in [0.3, 0.4) is 0 Å². The summed E-state index contributed by atoms with van der Waals surface area (Å²) in [7, 11) is 0. The molecule has 4 saturated carbocycles. The van der Waals surface area contributed by atoms with Gasteiger partial charge in [0, 0.05) is 0 Å². The molecule has 130 valence electrons. The summed E-state index contributed by atoms with van der Waals surface area (Å²) in [4.78, 5) is 0. The van der Waals surface area contributed by atoms with E-state index < -0.39 is 0 Å². The Kier molecular flexibility index (Phi) is 3.76. The third-order valence-corrected chi connectivity index (χ3v) is 9.23. The Morgan fingerprint density at radius 1 is 0.913 bits per heavy atom. The molecule has 0 radical (unpaired) electrons. The number of hydrogen-bond donors (Lipinski definition) is 1. The van der Waals surface area contributed by atoms with Gasteiger partial charge in [0.05, 0.1) is 6.10 Å². The fourth-order valence-electron chi connectivity index (χ4n) is 8.04. The van der Waals surface area contributed by atoms with Crippen molar-refractivity contribution in [2.45, 2.75) is 84.7 Å². The van der Waals surface area contributed by atoms with Crippen LogP contribution in [0.5, 0.6) is 0 Å². The second-order valence-electron chi connectivity index (χ2n) is 10.1. The smallest absolute Gasteiger partial charge is 0.0543 e. The number of rotatable bonds is 1. The van der Waals surface area contributed by atoms with Crippen molar-refractivity contribution in [3.8, 4) is 0 Å². The average Bonchev–Trinajstić information content (AvgIpc) is 2.85. The zero-order valence-electron chi connectivity index (χ0n) is 15.5. The van der Waals surface area contributed by atoms with Gasteiger partial charge in [-0.25, -0.2) is 0 Å². The lowest BCUT2D eigenvalue weighted by Crippen LogP contribution is -2.53. The Morgan fingerprint density at radius 2 is 1.61 bits per heavy atom. The van der Waals surface area contributed by atoms with Gasteiger partial charge in [0.2, 0.25) is 0 Å².